The highest BCUT2D eigenvalue weighted by atomic mass is 127. The maximum absolute atomic E-state index is 2.52. The molecule has 0 radical (unpaired) electrons. The van der Waals surface area contributed by atoms with Gasteiger partial charge in [-0.2, -0.15) is 0 Å². The molecule has 1 aliphatic heterocycles. The first-order valence-corrected chi connectivity index (χ1v) is 10.6. The minimum atomic E-state index is -0.0595. The number of rotatable bonds is 2. The van der Waals surface area contributed by atoms with Crippen LogP contribution in [0.5, 0.6) is 0 Å². The van der Waals surface area contributed by atoms with Crippen molar-refractivity contribution >= 4 is 30.4 Å². The molecule has 0 saturated carbocycles. The van der Waals surface area contributed by atoms with Crippen LogP contribution in [0.3, 0.4) is 0 Å². The first kappa shape index (κ1) is 16.0. The molecule has 1 atom stereocenters. The monoisotopic (exact) mass is 427 g/mol. The second-order valence-corrected chi connectivity index (χ2v) is 9.74. The van der Waals surface area contributed by atoms with Gasteiger partial charge in [0.1, 0.15) is 0 Å². The smallest absolute Gasteiger partial charge is 0.0591 e. The SMILES string of the molecule is CC1=CC(C2=Cc3ccccc3CC2)N(C)C(c2ccccc2)=I1. The van der Waals surface area contributed by atoms with E-state index in [1.165, 1.54) is 16.7 Å². The molecule has 1 aliphatic carbocycles. The summed E-state index contributed by atoms with van der Waals surface area (Å²) in [6.45, 7) is 2.31. The number of hydrogen-bond acceptors (Lipinski definition) is 1. The van der Waals surface area contributed by atoms with Crippen molar-refractivity contribution < 1.29 is 0 Å². The average molecular weight is 427 g/mol. The molecule has 0 spiro atoms. The predicted octanol–water partition coefficient (Wildman–Crippen LogP) is 5.38. The van der Waals surface area contributed by atoms with E-state index < -0.39 is 0 Å². The highest BCUT2D eigenvalue weighted by molar-refractivity contribution is 14.2. The maximum Gasteiger partial charge on any atom is 0.0591 e. The van der Waals surface area contributed by atoms with Crippen molar-refractivity contribution in [3.8, 4) is 0 Å². The average Bonchev–Trinajstić information content (AvgIpc) is 2.63. The zero-order valence-electron chi connectivity index (χ0n) is 14.2. The van der Waals surface area contributed by atoms with Crippen molar-refractivity contribution in [1.82, 2.24) is 4.90 Å². The molecule has 2 aromatic rings. The Bertz CT molecular complexity index is 845. The molecule has 1 unspecified atom stereocenters. The molecule has 24 heavy (non-hydrogen) atoms. The third-order valence-corrected chi connectivity index (χ3v) is 7.93. The third kappa shape index (κ3) is 3.05. The van der Waals surface area contributed by atoms with Crippen LogP contribution in [0.2, 0.25) is 0 Å². The second kappa shape index (κ2) is 6.77. The van der Waals surface area contributed by atoms with Crippen molar-refractivity contribution in [2.75, 3.05) is 7.05 Å². The molecule has 1 heterocycles. The summed E-state index contributed by atoms with van der Waals surface area (Å²) in [7, 11) is 2.27. The van der Waals surface area contributed by atoms with E-state index >= 15 is 0 Å². The molecule has 2 heteroatoms. The van der Waals surface area contributed by atoms with E-state index in [1.807, 2.05) is 0 Å². The molecule has 0 N–H and O–H groups in total. The van der Waals surface area contributed by atoms with E-state index in [0.717, 1.165) is 12.8 Å². The van der Waals surface area contributed by atoms with Crippen LogP contribution in [0, 0.1) is 0 Å². The summed E-state index contributed by atoms with van der Waals surface area (Å²) >= 11 is -0.0595. The second-order valence-electron chi connectivity index (χ2n) is 6.48. The van der Waals surface area contributed by atoms with E-state index in [-0.39, 0.29) is 20.7 Å². The Morgan fingerprint density at radius 2 is 1.71 bits per heavy atom. The zero-order chi connectivity index (χ0) is 16.5. The van der Waals surface area contributed by atoms with Gasteiger partial charge in [0.05, 0.1) is 9.67 Å². The number of halogens is 1. The lowest BCUT2D eigenvalue weighted by Crippen LogP contribution is -2.39. The fourth-order valence-corrected chi connectivity index (χ4v) is 6.25. The summed E-state index contributed by atoms with van der Waals surface area (Å²) in [6.07, 6.45) is 7.25. The summed E-state index contributed by atoms with van der Waals surface area (Å²) in [5.74, 6) is 0. The first-order valence-electron chi connectivity index (χ1n) is 8.49. The Morgan fingerprint density at radius 1 is 0.958 bits per heavy atom. The largest absolute Gasteiger partial charge is 0.262 e. The minimum absolute atomic E-state index is 0.0595. The van der Waals surface area contributed by atoms with Gasteiger partial charge in [-0.3, -0.25) is 4.90 Å². The van der Waals surface area contributed by atoms with Gasteiger partial charge in [0.15, 0.2) is 0 Å². The molecular weight excluding hydrogens is 405 g/mol. The Hall–Kier alpha value is -1.52. The van der Waals surface area contributed by atoms with E-state index in [4.69, 9.17) is 0 Å². The Morgan fingerprint density at radius 3 is 2.54 bits per heavy atom. The molecule has 1 nitrogen and oxygen atoms in total. The molecule has 2 aliphatic rings. The summed E-state index contributed by atoms with van der Waals surface area (Å²) in [4.78, 5) is 2.52. The standard InChI is InChI=1S/C22H22IN/c1-16-14-21(20-13-12-17-8-6-7-11-19(17)15-20)24(2)22(23-16)18-9-4-3-5-10-18/h3-11,14-15,21H,12-13H2,1-2H3. The van der Waals surface area contributed by atoms with Crippen LogP contribution in [0.25, 0.3) is 6.08 Å². The van der Waals surface area contributed by atoms with E-state index in [2.05, 4.69) is 85.6 Å². The van der Waals surface area contributed by atoms with Crippen molar-refractivity contribution in [1.29, 1.82) is 0 Å². The highest BCUT2D eigenvalue weighted by Crippen LogP contribution is 2.34. The van der Waals surface area contributed by atoms with Crippen LogP contribution in [0.1, 0.15) is 30.0 Å². The molecular formula is C22H22IN. The van der Waals surface area contributed by atoms with Gasteiger partial charge in [0, 0.05) is 0 Å². The maximum atomic E-state index is 2.52. The minimum Gasteiger partial charge on any atom is -0.262 e. The quantitative estimate of drug-likeness (QED) is 0.582. The lowest BCUT2D eigenvalue weighted by molar-refractivity contribution is 0.468. The Balaban J connectivity index is 1.70. The number of likely N-dealkylation sites (N-methyl/N-ethyl adjacent to an activating group) is 1. The topological polar surface area (TPSA) is 3.24 Å². The van der Waals surface area contributed by atoms with Crippen molar-refractivity contribution in [2.45, 2.75) is 25.8 Å². The highest BCUT2D eigenvalue weighted by Gasteiger charge is 2.26. The summed E-state index contributed by atoms with van der Waals surface area (Å²) in [5.41, 5.74) is 5.83. The summed E-state index contributed by atoms with van der Waals surface area (Å²) < 4.78 is 3.12. The number of hydrogen-bond donors (Lipinski definition) is 0. The van der Waals surface area contributed by atoms with Crippen LogP contribution < -0.4 is 0 Å². The van der Waals surface area contributed by atoms with Crippen molar-refractivity contribution in [3.05, 3.63) is 86.5 Å². The van der Waals surface area contributed by atoms with Crippen LogP contribution in [0.4, 0.5) is 0 Å². The van der Waals surface area contributed by atoms with Gasteiger partial charge in [-0.15, -0.1) is 0 Å². The third-order valence-electron chi connectivity index (χ3n) is 4.82. The molecule has 4 rings (SSSR count). The van der Waals surface area contributed by atoms with Gasteiger partial charge in [-0.05, 0) is 52.7 Å². The van der Waals surface area contributed by atoms with Crippen LogP contribution >= 0.6 is 20.7 Å². The number of allylic oxidation sites excluding steroid dienone is 1. The number of aryl methyl sites for hydroxylation is 1. The zero-order valence-corrected chi connectivity index (χ0v) is 16.3. The summed E-state index contributed by atoms with van der Waals surface area (Å²) in [6, 6.07) is 20.1. The number of nitrogens with zero attached hydrogens (tertiary/aromatic N) is 1. The van der Waals surface area contributed by atoms with Gasteiger partial charge in [-0.1, -0.05) is 87.5 Å². The molecule has 122 valence electrons. The molecule has 0 amide bonds. The van der Waals surface area contributed by atoms with Crippen LogP contribution in [-0.2, 0) is 6.42 Å². The van der Waals surface area contributed by atoms with Crippen LogP contribution in [0.15, 0.2) is 69.8 Å². The van der Waals surface area contributed by atoms with E-state index in [9.17, 15) is 0 Å². The molecule has 0 bridgehead atoms. The fraction of sp³-hybridized carbons (Fsp3) is 0.227. The van der Waals surface area contributed by atoms with Crippen molar-refractivity contribution in [3.63, 3.8) is 0 Å². The van der Waals surface area contributed by atoms with E-state index in [1.54, 1.807) is 12.8 Å². The van der Waals surface area contributed by atoms with Crippen LogP contribution in [-0.4, -0.2) is 21.6 Å². The predicted molar refractivity (Wildman–Crippen MR) is 113 cm³/mol. The van der Waals surface area contributed by atoms with Crippen molar-refractivity contribution in [2.24, 2.45) is 0 Å². The molecule has 0 saturated heterocycles. The van der Waals surface area contributed by atoms with Gasteiger partial charge >= 0.3 is 0 Å². The lowest BCUT2D eigenvalue weighted by Gasteiger charge is -2.34. The molecule has 0 aromatic heterocycles. The van der Waals surface area contributed by atoms with Gasteiger partial charge in [0.25, 0.3) is 0 Å². The normalized spacial score (nSPS) is 21.1. The van der Waals surface area contributed by atoms with Gasteiger partial charge < -0.3 is 0 Å². The molecule has 0 fully saturated rings. The Kier molecular flexibility index (Phi) is 4.51. The Labute approximate surface area is 154 Å². The summed E-state index contributed by atoms with van der Waals surface area (Å²) in [5, 5.41) is 0. The lowest BCUT2D eigenvalue weighted by atomic mass is 9.88. The first-order chi connectivity index (χ1) is 11.7. The van der Waals surface area contributed by atoms with E-state index in [0.29, 0.717) is 6.04 Å². The number of fused-ring (bicyclic) bond motifs is 1. The fourth-order valence-electron chi connectivity index (χ4n) is 3.57. The molecule has 2 aromatic carbocycles. The number of benzene rings is 2. The van der Waals surface area contributed by atoms with Gasteiger partial charge in [-0.25, -0.2) is 0 Å². The van der Waals surface area contributed by atoms with Gasteiger partial charge in [0.2, 0.25) is 0 Å².